The van der Waals surface area contributed by atoms with Gasteiger partial charge >= 0.3 is 0 Å². The SMILES string of the molecule is CCCC(C(=O)Nc1c(C)cc(OC)cc1C)[N+](C)(CC)CCC. The lowest BCUT2D eigenvalue weighted by Crippen LogP contribution is -2.57. The number of methoxy groups -OCH3 is 1. The van der Waals surface area contributed by atoms with Crippen molar-refractivity contribution < 1.29 is 14.0 Å². The van der Waals surface area contributed by atoms with E-state index in [1.165, 1.54) is 0 Å². The number of nitrogens with one attached hydrogen (secondary N) is 1. The monoisotopic (exact) mass is 335 g/mol. The molecule has 1 N–H and O–H groups in total. The molecule has 4 nitrogen and oxygen atoms in total. The van der Waals surface area contributed by atoms with Crippen LogP contribution in [-0.4, -0.2) is 43.7 Å². The summed E-state index contributed by atoms with van der Waals surface area (Å²) < 4.78 is 6.11. The predicted octanol–water partition coefficient (Wildman–Crippen LogP) is 4.30. The summed E-state index contributed by atoms with van der Waals surface area (Å²) >= 11 is 0. The van der Waals surface area contributed by atoms with E-state index in [-0.39, 0.29) is 11.9 Å². The first-order valence-corrected chi connectivity index (χ1v) is 9.13. The summed E-state index contributed by atoms with van der Waals surface area (Å²) in [6.45, 7) is 12.5. The van der Waals surface area contributed by atoms with E-state index in [0.717, 1.165) is 59.4 Å². The van der Waals surface area contributed by atoms with Crippen molar-refractivity contribution in [3.8, 4) is 5.75 Å². The Morgan fingerprint density at radius 3 is 2.17 bits per heavy atom. The molecule has 1 rings (SSSR count). The fourth-order valence-electron chi connectivity index (χ4n) is 3.49. The van der Waals surface area contributed by atoms with Gasteiger partial charge in [-0.1, -0.05) is 13.8 Å². The third kappa shape index (κ3) is 4.73. The zero-order chi connectivity index (χ0) is 18.3. The second kappa shape index (κ2) is 9.07. The van der Waals surface area contributed by atoms with Gasteiger partial charge in [-0.2, -0.15) is 0 Å². The Balaban J connectivity index is 3.09. The zero-order valence-corrected chi connectivity index (χ0v) is 16.5. The maximum Gasteiger partial charge on any atom is 0.282 e. The Labute approximate surface area is 147 Å². The van der Waals surface area contributed by atoms with E-state index in [2.05, 4.69) is 33.1 Å². The Hall–Kier alpha value is -1.55. The lowest BCUT2D eigenvalue weighted by atomic mass is 10.0. The molecule has 0 spiro atoms. The summed E-state index contributed by atoms with van der Waals surface area (Å²) in [6.07, 6.45) is 3.00. The number of carbonyl (C=O) groups excluding carboxylic acids is 1. The molecule has 0 aliphatic heterocycles. The van der Waals surface area contributed by atoms with E-state index in [1.807, 2.05) is 26.0 Å². The van der Waals surface area contributed by atoms with Crippen LogP contribution in [0, 0.1) is 13.8 Å². The molecule has 0 aromatic heterocycles. The highest BCUT2D eigenvalue weighted by Gasteiger charge is 2.36. The van der Waals surface area contributed by atoms with Crippen LogP contribution < -0.4 is 10.1 Å². The van der Waals surface area contributed by atoms with Crippen LogP contribution >= 0.6 is 0 Å². The normalized spacial score (nSPS) is 14.8. The van der Waals surface area contributed by atoms with Crippen molar-refractivity contribution in [2.24, 2.45) is 0 Å². The first-order chi connectivity index (χ1) is 11.3. The number of anilines is 1. The molecule has 0 aliphatic carbocycles. The van der Waals surface area contributed by atoms with Gasteiger partial charge in [-0.15, -0.1) is 0 Å². The maximum atomic E-state index is 13.1. The van der Waals surface area contributed by atoms with Gasteiger partial charge in [0.05, 0.1) is 27.2 Å². The molecule has 2 atom stereocenters. The van der Waals surface area contributed by atoms with Crippen LogP contribution in [-0.2, 0) is 4.79 Å². The minimum atomic E-state index is -0.0131. The molecule has 1 amide bonds. The lowest BCUT2D eigenvalue weighted by Gasteiger charge is -2.40. The number of benzene rings is 1. The van der Waals surface area contributed by atoms with Crippen molar-refractivity contribution in [3.05, 3.63) is 23.3 Å². The first-order valence-electron chi connectivity index (χ1n) is 9.13. The van der Waals surface area contributed by atoms with Crippen LogP contribution in [0.25, 0.3) is 0 Å². The Morgan fingerprint density at radius 2 is 1.75 bits per heavy atom. The van der Waals surface area contributed by atoms with Gasteiger partial charge in [-0.25, -0.2) is 0 Å². The quantitative estimate of drug-likeness (QED) is 0.684. The first kappa shape index (κ1) is 20.5. The number of rotatable bonds is 9. The van der Waals surface area contributed by atoms with Gasteiger partial charge in [0.25, 0.3) is 5.91 Å². The Kier molecular flexibility index (Phi) is 7.74. The third-order valence-corrected chi connectivity index (χ3v) is 5.06. The molecule has 1 aromatic rings. The van der Waals surface area contributed by atoms with Crippen LogP contribution in [0.15, 0.2) is 12.1 Å². The van der Waals surface area contributed by atoms with Gasteiger partial charge in [0.2, 0.25) is 0 Å². The van der Waals surface area contributed by atoms with Crippen molar-refractivity contribution in [2.75, 3.05) is 32.6 Å². The summed E-state index contributed by atoms with van der Waals surface area (Å²) in [5.74, 6) is 0.958. The number of quaternary nitrogens is 1. The number of hydrogen-bond acceptors (Lipinski definition) is 2. The minimum absolute atomic E-state index is 0.0131. The highest BCUT2D eigenvalue weighted by molar-refractivity contribution is 5.95. The molecule has 4 heteroatoms. The summed E-state index contributed by atoms with van der Waals surface area (Å²) in [7, 11) is 3.87. The number of amides is 1. The molecule has 0 fully saturated rings. The second-order valence-electron chi connectivity index (χ2n) is 6.95. The molecule has 0 bridgehead atoms. The van der Waals surface area contributed by atoms with Crippen LogP contribution in [0.1, 0.15) is 51.2 Å². The largest absolute Gasteiger partial charge is 0.497 e. The van der Waals surface area contributed by atoms with Gasteiger partial charge in [-0.05, 0) is 56.9 Å². The standard InChI is InChI=1S/C20H34N2O2/c1-8-11-18(22(6,10-3)12-9-2)20(23)21-19-15(4)13-17(24-7)14-16(19)5/h13-14,18H,8-12H2,1-7H3/p+1. The van der Waals surface area contributed by atoms with Gasteiger partial charge in [-0.3, -0.25) is 4.79 Å². The summed E-state index contributed by atoms with van der Waals surface area (Å²) in [5.41, 5.74) is 2.99. The molecule has 0 saturated heterocycles. The van der Waals surface area contributed by atoms with Gasteiger partial charge < -0.3 is 14.5 Å². The number of hydrogen-bond donors (Lipinski definition) is 1. The molecule has 136 valence electrons. The van der Waals surface area contributed by atoms with Crippen molar-refractivity contribution in [1.82, 2.24) is 0 Å². The van der Waals surface area contributed by atoms with Crippen molar-refractivity contribution in [2.45, 2.75) is 59.9 Å². The van der Waals surface area contributed by atoms with Crippen LogP contribution in [0.2, 0.25) is 0 Å². The highest BCUT2D eigenvalue weighted by atomic mass is 16.5. The van der Waals surface area contributed by atoms with E-state index in [1.54, 1.807) is 7.11 Å². The molecule has 0 saturated carbocycles. The zero-order valence-electron chi connectivity index (χ0n) is 16.5. The van der Waals surface area contributed by atoms with Crippen molar-refractivity contribution in [1.29, 1.82) is 0 Å². The minimum Gasteiger partial charge on any atom is -0.497 e. The summed E-state index contributed by atoms with van der Waals surface area (Å²) in [4.78, 5) is 13.1. The highest BCUT2D eigenvalue weighted by Crippen LogP contribution is 2.27. The van der Waals surface area contributed by atoms with Gasteiger partial charge in [0, 0.05) is 12.1 Å². The van der Waals surface area contributed by atoms with Crippen molar-refractivity contribution in [3.63, 3.8) is 0 Å². The van der Waals surface area contributed by atoms with Crippen LogP contribution in [0.3, 0.4) is 0 Å². The smallest absolute Gasteiger partial charge is 0.282 e. The third-order valence-electron chi connectivity index (χ3n) is 5.06. The van der Waals surface area contributed by atoms with Crippen LogP contribution in [0.4, 0.5) is 5.69 Å². The van der Waals surface area contributed by atoms with E-state index in [9.17, 15) is 4.79 Å². The topological polar surface area (TPSA) is 38.3 Å². The molecular formula is C20H35N2O2+. The maximum absolute atomic E-state index is 13.1. The Morgan fingerprint density at radius 1 is 1.17 bits per heavy atom. The molecule has 1 aromatic carbocycles. The van der Waals surface area contributed by atoms with Crippen LogP contribution in [0.5, 0.6) is 5.75 Å². The van der Waals surface area contributed by atoms with Gasteiger partial charge in [0.1, 0.15) is 5.75 Å². The number of carbonyl (C=O) groups is 1. The molecule has 2 unspecified atom stereocenters. The molecule has 0 heterocycles. The van der Waals surface area contributed by atoms with E-state index < -0.39 is 0 Å². The van der Waals surface area contributed by atoms with Crippen molar-refractivity contribution >= 4 is 11.6 Å². The number of aryl methyl sites for hydroxylation is 2. The average molecular weight is 336 g/mol. The fourth-order valence-corrected chi connectivity index (χ4v) is 3.49. The number of ether oxygens (including phenoxy) is 1. The Bertz CT molecular complexity index is 534. The number of likely N-dealkylation sites (N-methyl/N-ethyl adjacent to an activating group) is 1. The summed E-state index contributed by atoms with van der Waals surface area (Å²) in [5, 5.41) is 3.20. The van der Waals surface area contributed by atoms with E-state index in [4.69, 9.17) is 4.74 Å². The lowest BCUT2D eigenvalue weighted by molar-refractivity contribution is -0.923. The summed E-state index contributed by atoms with van der Waals surface area (Å²) in [6, 6.07) is 3.93. The number of nitrogens with zero attached hydrogens (tertiary/aromatic N) is 1. The van der Waals surface area contributed by atoms with E-state index in [0.29, 0.717) is 0 Å². The average Bonchev–Trinajstić information content (AvgIpc) is 2.55. The molecular weight excluding hydrogens is 300 g/mol. The molecule has 0 radical (unpaired) electrons. The molecule has 24 heavy (non-hydrogen) atoms. The fraction of sp³-hybridized carbons (Fsp3) is 0.650. The second-order valence-corrected chi connectivity index (χ2v) is 6.95. The molecule has 0 aliphatic rings. The van der Waals surface area contributed by atoms with Gasteiger partial charge in [0.15, 0.2) is 6.04 Å². The predicted molar refractivity (Wildman–Crippen MR) is 102 cm³/mol. The van der Waals surface area contributed by atoms with E-state index >= 15 is 0 Å².